The third kappa shape index (κ3) is 3.89. The van der Waals surface area contributed by atoms with Crippen LogP contribution in [0.25, 0.3) is 5.69 Å². The van der Waals surface area contributed by atoms with Crippen LogP contribution >= 0.6 is 0 Å². The molecule has 3 atom stereocenters. The van der Waals surface area contributed by atoms with E-state index in [2.05, 4.69) is 20.2 Å². The molecule has 12 heteroatoms. The molecule has 2 bridgehead atoms. The van der Waals surface area contributed by atoms with Crippen molar-refractivity contribution in [2.75, 3.05) is 6.54 Å². The molecule has 0 radical (unpaired) electrons. The van der Waals surface area contributed by atoms with Gasteiger partial charge in [-0.25, -0.2) is 14.4 Å². The minimum absolute atomic E-state index is 0.123. The number of amides is 1. The second-order valence-corrected chi connectivity index (χ2v) is 8.17. The molecule has 3 aromatic heterocycles. The lowest BCUT2D eigenvalue weighted by Gasteiger charge is -2.33. The number of pyridine rings is 2. The maximum absolute atomic E-state index is 14.3. The summed E-state index contributed by atoms with van der Waals surface area (Å²) in [5.41, 5.74) is 0.0486. The monoisotopic (exact) mass is 462 g/mol. The summed E-state index contributed by atoms with van der Waals surface area (Å²) in [5, 5.41) is 8.16. The van der Waals surface area contributed by atoms with Gasteiger partial charge in [-0.3, -0.25) is 4.79 Å². The first-order valence-electron chi connectivity index (χ1n) is 10.3. The fourth-order valence-electron chi connectivity index (χ4n) is 4.48. The first-order valence-corrected chi connectivity index (χ1v) is 10.3. The molecular weight excluding hydrogens is 444 g/mol. The maximum atomic E-state index is 14.3. The van der Waals surface area contributed by atoms with E-state index in [4.69, 9.17) is 4.74 Å². The molecule has 1 aliphatic heterocycles. The van der Waals surface area contributed by atoms with Gasteiger partial charge in [0.05, 0.1) is 24.0 Å². The Kier molecular flexibility index (Phi) is 5.02. The highest BCUT2D eigenvalue weighted by Gasteiger charge is 2.49. The number of aromatic nitrogens is 5. The van der Waals surface area contributed by atoms with E-state index in [1.165, 1.54) is 17.2 Å². The quantitative estimate of drug-likeness (QED) is 0.554. The third-order valence-corrected chi connectivity index (χ3v) is 5.93. The van der Waals surface area contributed by atoms with Gasteiger partial charge in [0.15, 0.2) is 11.5 Å². The Morgan fingerprint density at radius 1 is 1.18 bits per heavy atom. The van der Waals surface area contributed by atoms with Crippen molar-refractivity contribution in [2.24, 2.45) is 5.92 Å². The summed E-state index contributed by atoms with van der Waals surface area (Å²) in [5.74, 6) is -1.92. The molecule has 172 valence electrons. The van der Waals surface area contributed by atoms with Gasteiger partial charge in [0.25, 0.3) is 11.8 Å². The predicted octanol–water partition coefficient (Wildman–Crippen LogP) is 3.21. The Bertz CT molecular complexity index is 1200. The van der Waals surface area contributed by atoms with Gasteiger partial charge in [-0.1, -0.05) is 0 Å². The summed E-state index contributed by atoms with van der Waals surface area (Å²) in [6, 6.07) is 3.43. The Balaban J connectivity index is 1.39. The summed E-state index contributed by atoms with van der Waals surface area (Å²) < 4.78 is 58.3. The molecule has 1 saturated heterocycles. The van der Waals surface area contributed by atoms with E-state index in [0.717, 1.165) is 0 Å². The van der Waals surface area contributed by atoms with Crippen molar-refractivity contribution in [3.63, 3.8) is 0 Å². The topological polar surface area (TPSA) is 86.0 Å². The summed E-state index contributed by atoms with van der Waals surface area (Å²) in [7, 11) is 0. The second kappa shape index (κ2) is 7.78. The standard InChI is InChI=1S/C21H18F4N6O2/c1-11-2-3-15(31-27-4-5-28-31)18(29-11)20(32)30-10-12-6-16(30)17(7-12)33-19-14(22)8-13(9-26-19)21(23,24)25/h2-5,8-9,12,16-17H,6-7,10H2,1H3/t12-,16+,17-/m1/s1. The summed E-state index contributed by atoms with van der Waals surface area (Å²) in [6.07, 6.45) is -0.602. The number of ether oxygens (including phenoxy) is 1. The Morgan fingerprint density at radius 3 is 2.61 bits per heavy atom. The number of hydrogen-bond donors (Lipinski definition) is 0. The number of carbonyl (C=O) groups excluding carboxylic acids is 1. The number of hydrogen-bond acceptors (Lipinski definition) is 6. The number of likely N-dealkylation sites (tertiary alicyclic amines) is 1. The van der Waals surface area contributed by atoms with Crippen LogP contribution in [0, 0.1) is 18.7 Å². The van der Waals surface area contributed by atoms with E-state index >= 15 is 0 Å². The molecule has 1 aliphatic carbocycles. The van der Waals surface area contributed by atoms with Gasteiger partial charge in [-0.2, -0.15) is 23.4 Å². The van der Waals surface area contributed by atoms with Crippen LogP contribution in [0.4, 0.5) is 17.6 Å². The normalized spacial score (nSPS) is 22.1. The Hall–Kier alpha value is -3.57. The number of rotatable bonds is 4. The number of piperidine rings is 1. The Morgan fingerprint density at radius 2 is 1.94 bits per heavy atom. The van der Waals surface area contributed by atoms with Gasteiger partial charge >= 0.3 is 6.18 Å². The first-order chi connectivity index (χ1) is 15.7. The molecule has 1 saturated carbocycles. The number of carbonyl (C=O) groups is 1. The summed E-state index contributed by atoms with van der Waals surface area (Å²) in [6.45, 7) is 2.24. The van der Waals surface area contributed by atoms with Gasteiger partial charge in [0, 0.05) is 18.4 Å². The average molecular weight is 462 g/mol. The highest BCUT2D eigenvalue weighted by Crippen LogP contribution is 2.41. The minimum Gasteiger partial charge on any atom is -0.470 e. The van der Waals surface area contributed by atoms with Crippen molar-refractivity contribution in [3.8, 4) is 11.6 Å². The average Bonchev–Trinajstić information content (AvgIpc) is 3.51. The third-order valence-electron chi connectivity index (χ3n) is 5.93. The Labute approximate surface area is 185 Å². The number of fused-ring (bicyclic) bond motifs is 2. The van der Waals surface area contributed by atoms with Crippen LogP contribution in [0.2, 0.25) is 0 Å². The summed E-state index contributed by atoms with van der Waals surface area (Å²) >= 11 is 0. The SMILES string of the molecule is Cc1ccc(-n2nccn2)c(C(=O)N2C[C@H]3C[C@@H](Oc4ncc(C(F)(F)F)cc4F)[C@@H]2C3)n1. The van der Waals surface area contributed by atoms with Crippen LogP contribution in [-0.2, 0) is 6.18 Å². The van der Waals surface area contributed by atoms with E-state index in [0.29, 0.717) is 43.0 Å². The highest BCUT2D eigenvalue weighted by molar-refractivity contribution is 5.96. The van der Waals surface area contributed by atoms with Crippen LogP contribution < -0.4 is 4.74 Å². The molecule has 2 aliphatic rings. The molecule has 4 heterocycles. The molecule has 0 unspecified atom stereocenters. The number of nitrogens with zero attached hydrogens (tertiary/aromatic N) is 6. The zero-order valence-corrected chi connectivity index (χ0v) is 17.3. The van der Waals surface area contributed by atoms with Crippen molar-refractivity contribution in [3.05, 3.63) is 59.6 Å². The lowest BCUT2D eigenvalue weighted by molar-refractivity contribution is -0.138. The number of aryl methyl sites for hydroxylation is 1. The molecule has 0 aromatic carbocycles. The molecule has 1 amide bonds. The van der Waals surface area contributed by atoms with E-state index in [1.54, 1.807) is 24.0 Å². The van der Waals surface area contributed by atoms with E-state index in [-0.39, 0.29) is 23.6 Å². The van der Waals surface area contributed by atoms with Crippen LogP contribution in [0.15, 0.2) is 36.8 Å². The molecule has 3 aromatic rings. The fraction of sp³-hybridized carbons (Fsp3) is 0.381. The molecule has 33 heavy (non-hydrogen) atoms. The maximum Gasteiger partial charge on any atom is 0.417 e. The van der Waals surface area contributed by atoms with Gasteiger partial charge in [0.1, 0.15) is 11.8 Å². The molecule has 0 N–H and O–H groups in total. The van der Waals surface area contributed by atoms with Crippen molar-refractivity contribution in [1.82, 2.24) is 29.9 Å². The lowest BCUT2D eigenvalue weighted by Crippen LogP contribution is -2.47. The van der Waals surface area contributed by atoms with Crippen molar-refractivity contribution < 1.29 is 27.1 Å². The predicted molar refractivity (Wildman–Crippen MR) is 105 cm³/mol. The zero-order valence-electron chi connectivity index (χ0n) is 17.3. The van der Waals surface area contributed by atoms with Gasteiger partial charge in [-0.15, -0.1) is 4.80 Å². The van der Waals surface area contributed by atoms with E-state index in [9.17, 15) is 22.4 Å². The van der Waals surface area contributed by atoms with Crippen LogP contribution in [-0.4, -0.2) is 54.5 Å². The number of alkyl halides is 3. The largest absolute Gasteiger partial charge is 0.470 e. The van der Waals surface area contributed by atoms with Gasteiger partial charge in [0.2, 0.25) is 0 Å². The number of halogens is 4. The van der Waals surface area contributed by atoms with Crippen LogP contribution in [0.5, 0.6) is 5.88 Å². The van der Waals surface area contributed by atoms with Crippen molar-refractivity contribution in [1.29, 1.82) is 0 Å². The van der Waals surface area contributed by atoms with Crippen molar-refractivity contribution >= 4 is 5.91 Å². The highest BCUT2D eigenvalue weighted by atomic mass is 19.4. The van der Waals surface area contributed by atoms with Crippen LogP contribution in [0.3, 0.4) is 0 Å². The van der Waals surface area contributed by atoms with Crippen molar-refractivity contribution in [2.45, 2.75) is 38.1 Å². The van der Waals surface area contributed by atoms with Crippen LogP contribution in [0.1, 0.15) is 34.6 Å². The molecule has 5 rings (SSSR count). The molecular formula is C21H18F4N6O2. The lowest BCUT2D eigenvalue weighted by atomic mass is 10.1. The summed E-state index contributed by atoms with van der Waals surface area (Å²) in [4.78, 5) is 24.3. The molecule has 0 spiro atoms. The molecule has 8 nitrogen and oxygen atoms in total. The first kappa shape index (κ1) is 21.3. The van der Waals surface area contributed by atoms with E-state index < -0.39 is 29.5 Å². The van der Waals surface area contributed by atoms with E-state index in [1.807, 2.05) is 0 Å². The smallest absolute Gasteiger partial charge is 0.417 e. The molecule has 2 fully saturated rings. The zero-order chi connectivity index (χ0) is 23.3. The van der Waals surface area contributed by atoms with Gasteiger partial charge in [-0.05, 0) is 43.9 Å². The van der Waals surface area contributed by atoms with Gasteiger partial charge < -0.3 is 9.64 Å². The minimum atomic E-state index is -4.70. The fourth-order valence-corrected chi connectivity index (χ4v) is 4.48. The second-order valence-electron chi connectivity index (χ2n) is 8.17.